The van der Waals surface area contributed by atoms with Crippen LogP contribution in [0.3, 0.4) is 0 Å². The topological polar surface area (TPSA) is 32.7 Å². The second kappa shape index (κ2) is 5.72. The van der Waals surface area contributed by atoms with Crippen LogP contribution in [0.4, 0.5) is 5.69 Å². The molecule has 0 saturated carbocycles. The van der Waals surface area contributed by atoms with E-state index in [9.17, 15) is 5.11 Å². The van der Waals surface area contributed by atoms with Gasteiger partial charge in [-0.05, 0) is 24.1 Å². The summed E-state index contributed by atoms with van der Waals surface area (Å²) in [5.74, 6) is 0. The summed E-state index contributed by atoms with van der Waals surface area (Å²) in [6.45, 7) is 4.58. The first-order valence-corrected chi connectivity index (χ1v) is 6.68. The Morgan fingerprint density at radius 1 is 1.28 bits per heavy atom. The summed E-state index contributed by atoms with van der Waals surface area (Å²) in [7, 11) is 2.07. The molecular weight excluding hydrogens is 226 g/mol. The van der Waals surface area contributed by atoms with Crippen LogP contribution in [0.1, 0.15) is 18.9 Å². The average Bonchev–Trinajstić information content (AvgIpc) is 2.35. The lowest BCUT2D eigenvalue weighted by atomic mass is 9.86. The van der Waals surface area contributed by atoms with Gasteiger partial charge in [0.1, 0.15) is 0 Å². The fourth-order valence-corrected chi connectivity index (χ4v) is 2.42. The molecule has 1 aromatic carbocycles. The molecule has 0 bridgehead atoms. The zero-order valence-electron chi connectivity index (χ0n) is 11.4. The molecule has 0 aromatic heterocycles. The van der Waals surface area contributed by atoms with Gasteiger partial charge in [0, 0.05) is 19.3 Å². The summed E-state index contributed by atoms with van der Waals surface area (Å²) in [4.78, 5) is 2.20. The Hall–Kier alpha value is -1.06. The number of aryl methyl sites for hydroxylation is 1. The van der Waals surface area contributed by atoms with Crippen molar-refractivity contribution in [2.75, 3.05) is 38.3 Å². The van der Waals surface area contributed by atoms with E-state index in [-0.39, 0.29) is 12.0 Å². The monoisotopic (exact) mass is 249 g/mol. The third kappa shape index (κ3) is 2.85. The summed E-state index contributed by atoms with van der Waals surface area (Å²) in [6.07, 6.45) is 2.32. The van der Waals surface area contributed by atoms with Crippen LogP contribution in [0.2, 0.25) is 0 Å². The van der Waals surface area contributed by atoms with E-state index < -0.39 is 0 Å². The van der Waals surface area contributed by atoms with Crippen molar-refractivity contribution in [2.24, 2.45) is 5.41 Å². The maximum atomic E-state index is 9.44. The number of aliphatic hydroxyl groups is 1. The first kappa shape index (κ1) is 13.4. The minimum atomic E-state index is -0.0587. The van der Waals surface area contributed by atoms with Crippen LogP contribution in [-0.2, 0) is 11.2 Å². The number of hydrogen-bond donors (Lipinski definition) is 1. The quantitative estimate of drug-likeness (QED) is 0.838. The lowest BCUT2D eigenvalue weighted by molar-refractivity contribution is -0.130. The Bertz CT molecular complexity index is 365. The van der Waals surface area contributed by atoms with Crippen molar-refractivity contribution in [3.05, 3.63) is 29.8 Å². The average molecular weight is 249 g/mol. The van der Waals surface area contributed by atoms with Crippen molar-refractivity contribution in [2.45, 2.75) is 19.8 Å². The normalized spacial score (nSPS) is 17.3. The first-order chi connectivity index (χ1) is 8.69. The van der Waals surface area contributed by atoms with Crippen LogP contribution < -0.4 is 4.90 Å². The summed E-state index contributed by atoms with van der Waals surface area (Å²) in [5.41, 5.74) is 2.53. The summed E-state index contributed by atoms with van der Waals surface area (Å²) in [5, 5.41) is 9.44. The number of anilines is 1. The van der Waals surface area contributed by atoms with Gasteiger partial charge < -0.3 is 14.7 Å². The van der Waals surface area contributed by atoms with Gasteiger partial charge in [0.2, 0.25) is 0 Å². The van der Waals surface area contributed by atoms with Crippen LogP contribution >= 0.6 is 0 Å². The number of rotatable bonds is 6. The van der Waals surface area contributed by atoms with Crippen molar-refractivity contribution in [3.8, 4) is 0 Å². The van der Waals surface area contributed by atoms with Crippen molar-refractivity contribution in [3.63, 3.8) is 0 Å². The van der Waals surface area contributed by atoms with Gasteiger partial charge in [0.05, 0.1) is 25.2 Å². The van der Waals surface area contributed by atoms with Gasteiger partial charge in [-0.15, -0.1) is 0 Å². The molecule has 1 aromatic rings. The molecule has 1 aliphatic rings. The molecule has 1 fully saturated rings. The SMILES string of the molecule is CCCc1ccc(N(C)CC2(CO)COC2)cc1. The Morgan fingerprint density at radius 2 is 1.94 bits per heavy atom. The summed E-state index contributed by atoms with van der Waals surface area (Å²) in [6, 6.07) is 8.71. The van der Waals surface area contributed by atoms with E-state index >= 15 is 0 Å². The highest BCUT2D eigenvalue weighted by molar-refractivity contribution is 5.47. The number of benzene rings is 1. The van der Waals surface area contributed by atoms with Crippen LogP contribution in [-0.4, -0.2) is 38.5 Å². The molecule has 0 amide bonds. The van der Waals surface area contributed by atoms with Crippen molar-refractivity contribution >= 4 is 5.69 Å². The minimum absolute atomic E-state index is 0.0587. The molecular formula is C15H23NO2. The Kier molecular flexibility index (Phi) is 4.25. The molecule has 1 saturated heterocycles. The molecule has 1 heterocycles. The van der Waals surface area contributed by atoms with Gasteiger partial charge in [0.15, 0.2) is 0 Å². The Labute approximate surface area is 109 Å². The molecule has 100 valence electrons. The van der Waals surface area contributed by atoms with Crippen LogP contribution in [0.25, 0.3) is 0 Å². The fourth-order valence-electron chi connectivity index (χ4n) is 2.42. The van der Waals surface area contributed by atoms with Crippen LogP contribution in [0.15, 0.2) is 24.3 Å². The summed E-state index contributed by atoms with van der Waals surface area (Å²) >= 11 is 0. The van der Waals surface area contributed by atoms with E-state index in [2.05, 4.69) is 43.1 Å². The molecule has 0 spiro atoms. The second-order valence-electron chi connectivity index (χ2n) is 5.42. The zero-order chi connectivity index (χ0) is 13.0. The molecule has 18 heavy (non-hydrogen) atoms. The van der Waals surface area contributed by atoms with Crippen molar-refractivity contribution < 1.29 is 9.84 Å². The van der Waals surface area contributed by atoms with E-state index in [1.165, 1.54) is 17.7 Å². The van der Waals surface area contributed by atoms with Crippen molar-refractivity contribution in [1.29, 1.82) is 0 Å². The second-order valence-corrected chi connectivity index (χ2v) is 5.42. The predicted octanol–water partition coefficient (Wildman–Crippen LogP) is 2.08. The van der Waals surface area contributed by atoms with E-state index in [0.717, 1.165) is 13.0 Å². The molecule has 1 aliphatic heterocycles. The van der Waals surface area contributed by atoms with E-state index in [1.54, 1.807) is 0 Å². The van der Waals surface area contributed by atoms with Crippen LogP contribution in [0.5, 0.6) is 0 Å². The molecule has 2 rings (SSSR count). The lowest BCUT2D eigenvalue weighted by Gasteiger charge is -2.42. The highest BCUT2D eigenvalue weighted by Crippen LogP contribution is 2.29. The van der Waals surface area contributed by atoms with E-state index in [4.69, 9.17) is 4.74 Å². The van der Waals surface area contributed by atoms with Gasteiger partial charge in [-0.25, -0.2) is 0 Å². The molecule has 0 radical (unpaired) electrons. The van der Waals surface area contributed by atoms with E-state index in [1.807, 2.05) is 0 Å². The minimum Gasteiger partial charge on any atom is -0.396 e. The highest BCUT2D eigenvalue weighted by atomic mass is 16.5. The number of ether oxygens (including phenoxy) is 1. The first-order valence-electron chi connectivity index (χ1n) is 6.68. The lowest BCUT2D eigenvalue weighted by Crippen LogP contribution is -2.52. The maximum Gasteiger partial charge on any atom is 0.0584 e. The summed E-state index contributed by atoms with van der Waals surface area (Å²) < 4.78 is 5.23. The predicted molar refractivity (Wildman–Crippen MR) is 74.0 cm³/mol. The molecule has 1 N–H and O–H groups in total. The molecule has 0 unspecified atom stereocenters. The molecule has 3 nitrogen and oxygen atoms in total. The standard InChI is InChI=1S/C15H23NO2/c1-3-4-13-5-7-14(8-6-13)16(2)9-15(10-17)11-18-12-15/h5-8,17H,3-4,9-12H2,1-2H3. The van der Waals surface area contributed by atoms with Crippen molar-refractivity contribution in [1.82, 2.24) is 0 Å². The van der Waals surface area contributed by atoms with Crippen LogP contribution in [0, 0.1) is 5.41 Å². The highest BCUT2D eigenvalue weighted by Gasteiger charge is 2.39. The number of aliphatic hydroxyl groups excluding tert-OH is 1. The third-order valence-electron chi connectivity index (χ3n) is 3.64. The van der Waals surface area contributed by atoms with Gasteiger partial charge >= 0.3 is 0 Å². The molecule has 0 atom stereocenters. The van der Waals surface area contributed by atoms with Gasteiger partial charge in [-0.3, -0.25) is 0 Å². The maximum absolute atomic E-state index is 9.44. The smallest absolute Gasteiger partial charge is 0.0584 e. The number of nitrogens with zero attached hydrogens (tertiary/aromatic N) is 1. The Morgan fingerprint density at radius 3 is 2.39 bits per heavy atom. The Balaban J connectivity index is 1.97. The van der Waals surface area contributed by atoms with Gasteiger partial charge in [-0.2, -0.15) is 0 Å². The fraction of sp³-hybridized carbons (Fsp3) is 0.600. The van der Waals surface area contributed by atoms with Gasteiger partial charge in [0.25, 0.3) is 0 Å². The molecule has 0 aliphatic carbocycles. The molecule has 3 heteroatoms. The zero-order valence-corrected chi connectivity index (χ0v) is 11.4. The third-order valence-corrected chi connectivity index (χ3v) is 3.64. The number of hydrogen-bond acceptors (Lipinski definition) is 3. The largest absolute Gasteiger partial charge is 0.396 e. The van der Waals surface area contributed by atoms with Gasteiger partial charge in [-0.1, -0.05) is 25.5 Å². The van der Waals surface area contributed by atoms with E-state index in [0.29, 0.717) is 13.2 Å².